The second-order valence-electron chi connectivity index (χ2n) is 3.39. The Morgan fingerprint density at radius 1 is 1.07 bits per heavy atom. The zero-order valence-electron chi connectivity index (χ0n) is 8.17. The molecule has 1 aromatic heterocycles. The summed E-state index contributed by atoms with van der Waals surface area (Å²) in [6, 6.07) is 7.03. The summed E-state index contributed by atoms with van der Waals surface area (Å²) in [5.74, 6) is -0.166. The minimum atomic E-state index is -0.166. The number of hydrogen-bond acceptors (Lipinski definition) is 1. The SMILES string of the molecule is Cc1cc(F)ccc1-c1sccc1C. The van der Waals surface area contributed by atoms with E-state index in [0.717, 1.165) is 11.1 Å². The van der Waals surface area contributed by atoms with Gasteiger partial charge in [-0.25, -0.2) is 4.39 Å². The molecule has 14 heavy (non-hydrogen) atoms. The van der Waals surface area contributed by atoms with Crippen molar-refractivity contribution in [1.29, 1.82) is 0 Å². The van der Waals surface area contributed by atoms with Crippen molar-refractivity contribution < 1.29 is 4.39 Å². The monoisotopic (exact) mass is 206 g/mol. The van der Waals surface area contributed by atoms with Crippen molar-refractivity contribution in [2.24, 2.45) is 0 Å². The molecule has 72 valence electrons. The van der Waals surface area contributed by atoms with Crippen LogP contribution in [-0.4, -0.2) is 0 Å². The summed E-state index contributed by atoms with van der Waals surface area (Å²) in [6.45, 7) is 4.02. The average Bonchev–Trinajstić information content (AvgIpc) is 2.52. The lowest BCUT2D eigenvalue weighted by Crippen LogP contribution is -1.83. The van der Waals surface area contributed by atoms with Gasteiger partial charge in [-0.1, -0.05) is 6.07 Å². The lowest BCUT2D eigenvalue weighted by Gasteiger charge is -2.04. The molecule has 2 heteroatoms. The zero-order valence-corrected chi connectivity index (χ0v) is 8.99. The third-order valence-electron chi connectivity index (χ3n) is 2.30. The predicted octanol–water partition coefficient (Wildman–Crippen LogP) is 4.17. The van der Waals surface area contributed by atoms with Crippen molar-refractivity contribution in [3.05, 3.63) is 46.6 Å². The Labute approximate surface area is 87.0 Å². The molecule has 2 rings (SSSR count). The lowest BCUT2D eigenvalue weighted by atomic mass is 10.1. The molecule has 0 saturated carbocycles. The van der Waals surface area contributed by atoms with Gasteiger partial charge in [-0.05, 0) is 54.1 Å². The normalized spacial score (nSPS) is 10.5. The molecule has 0 aliphatic carbocycles. The summed E-state index contributed by atoms with van der Waals surface area (Å²) in [5.41, 5.74) is 3.39. The number of benzene rings is 1. The maximum Gasteiger partial charge on any atom is 0.123 e. The van der Waals surface area contributed by atoms with Crippen molar-refractivity contribution in [2.75, 3.05) is 0 Å². The van der Waals surface area contributed by atoms with E-state index in [-0.39, 0.29) is 5.82 Å². The van der Waals surface area contributed by atoms with Gasteiger partial charge in [-0.3, -0.25) is 0 Å². The summed E-state index contributed by atoms with van der Waals surface area (Å²) in [7, 11) is 0. The molecule has 0 radical (unpaired) electrons. The highest BCUT2D eigenvalue weighted by molar-refractivity contribution is 7.13. The van der Waals surface area contributed by atoms with E-state index in [1.165, 1.54) is 16.5 Å². The maximum absolute atomic E-state index is 12.9. The molecule has 0 aliphatic rings. The topological polar surface area (TPSA) is 0 Å². The van der Waals surface area contributed by atoms with Crippen LogP contribution < -0.4 is 0 Å². The van der Waals surface area contributed by atoms with Crippen LogP contribution in [0.3, 0.4) is 0 Å². The van der Waals surface area contributed by atoms with Crippen LogP contribution in [0.25, 0.3) is 10.4 Å². The van der Waals surface area contributed by atoms with Crippen LogP contribution in [-0.2, 0) is 0 Å². The molecule has 0 unspecified atom stereocenters. The Morgan fingerprint density at radius 2 is 1.86 bits per heavy atom. The average molecular weight is 206 g/mol. The molecule has 0 saturated heterocycles. The molecule has 0 nitrogen and oxygen atoms in total. The van der Waals surface area contributed by atoms with Crippen LogP contribution in [0.5, 0.6) is 0 Å². The first kappa shape index (κ1) is 9.41. The van der Waals surface area contributed by atoms with E-state index in [1.54, 1.807) is 17.4 Å². The van der Waals surface area contributed by atoms with Crippen molar-refractivity contribution in [1.82, 2.24) is 0 Å². The van der Waals surface area contributed by atoms with E-state index < -0.39 is 0 Å². The highest BCUT2D eigenvalue weighted by Crippen LogP contribution is 2.31. The summed E-state index contributed by atoms with van der Waals surface area (Å²) in [6.07, 6.45) is 0. The van der Waals surface area contributed by atoms with Gasteiger partial charge >= 0.3 is 0 Å². The van der Waals surface area contributed by atoms with Gasteiger partial charge in [-0.2, -0.15) is 0 Å². The minimum Gasteiger partial charge on any atom is -0.207 e. The highest BCUT2D eigenvalue weighted by Gasteiger charge is 2.06. The van der Waals surface area contributed by atoms with E-state index in [0.29, 0.717) is 0 Å². The number of hydrogen-bond donors (Lipinski definition) is 0. The summed E-state index contributed by atoms with van der Waals surface area (Å²) in [4.78, 5) is 1.24. The van der Waals surface area contributed by atoms with E-state index in [9.17, 15) is 4.39 Å². The van der Waals surface area contributed by atoms with Crippen LogP contribution in [0.1, 0.15) is 11.1 Å². The number of rotatable bonds is 1. The standard InChI is InChI=1S/C12H11FS/c1-8-5-6-14-12(8)11-4-3-10(13)7-9(11)2/h3-7H,1-2H3. The molecule has 0 atom stereocenters. The molecule has 0 amide bonds. The van der Waals surface area contributed by atoms with E-state index in [4.69, 9.17) is 0 Å². The zero-order chi connectivity index (χ0) is 10.1. The van der Waals surface area contributed by atoms with Crippen molar-refractivity contribution in [2.45, 2.75) is 13.8 Å². The molecule has 1 heterocycles. The minimum absolute atomic E-state index is 0.166. The molecule has 2 aromatic rings. The molecule has 0 fully saturated rings. The molecule has 1 aromatic carbocycles. The summed E-state index contributed by atoms with van der Waals surface area (Å²) < 4.78 is 12.9. The van der Waals surface area contributed by atoms with E-state index in [1.807, 2.05) is 13.0 Å². The second-order valence-corrected chi connectivity index (χ2v) is 4.31. The van der Waals surface area contributed by atoms with Crippen molar-refractivity contribution in [3.63, 3.8) is 0 Å². The Bertz CT molecular complexity index is 457. The van der Waals surface area contributed by atoms with Gasteiger partial charge in [0.05, 0.1) is 0 Å². The second kappa shape index (κ2) is 3.54. The number of aryl methyl sites for hydroxylation is 2. The van der Waals surface area contributed by atoms with Crippen LogP contribution in [0.4, 0.5) is 4.39 Å². The lowest BCUT2D eigenvalue weighted by molar-refractivity contribution is 0.627. The maximum atomic E-state index is 12.9. The molecule has 0 bridgehead atoms. The smallest absolute Gasteiger partial charge is 0.123 e. The molecule has 0 spiro atoms. The fourth-order valence-electron chi connectivity index (χ4n) is 1.53. The van der Waals surface area contributed by atoms with Crippen LogP contribution in [0.15, 0.2) is 29.6 Å². The Kier molecular flexibility index (Phi) is 2.38. The third-order valence-corrected chi connectivity index (χ3v) is 3.34. The van der Waals surface area contributed by atoms with Gasteiger partial charge in [0.1, 0.15) is 5.82 Å². The van der Waals surface area contributed by atoms with Gasteiger partial charge in [0.25, 0.3) is 0 Å². The third kappa shape index (κ3) is 1.58. The highest BCUT2D eigenvalue weighted by atomic mass is 32.1. The predicted molar refractivity (Wildman–Crippen MR) is 59.2 cm³/mol. The number of halogens is 1. The van der Waals surface area contributed by atoms with Crippen molar-refractivity contribution in [3.8, 4) is 10.4 Å². The van der Waals surface area contributed by atoms with Gasteiger partial charge in [0, 0.05) is 4.88 Å². The van der Waals surface area contributed by atoms with Gasteiger partial charge < -0.3 is 0 Å². The Hall–Kier alpha value is -1.15. The Morgan fingerprint density at radius 3 is 2.43 bits per heavy atom. The van der Waals surface area contributed by atoms with Gasteiger partial charge in [0.2, 0.25) is 0 Å². The molecule has 0 N–H and O–H groups in total. The Balaban J connectivity index is 2.58. The summed E-state index contributed by atoms with van der Waals surface area (Å²) >= 11 is 1.70. The fraction of sp³-hybridized carbons (Fsp3) is 0.167. The first-order chi connectivity index (χ1) is 6.68. The molecular formula is C12H11FS. The molecular weight excluding hydrogens is 195 g/mol. The van der Waals surface area contributed by atoms with Gasteiger partial charge in [-0.15, -0.1) is 11.3 Å². The molecule has 0 aliphatic heterocycles. The van der Waals surface area contributed by atoms with Gasteiger partial charge in [0.15, 0.2) is 0 Å². The number of thiophene rings is 1. The quantitative estimate of drug-likeness (QED) is 0.657. The van der Waals surface area contributed by atoms with Crippen LogP contribution >= 0.6 is 11.3 Å². The van der Waals surface area contributed by atoms with E-state index in [2.05, 4.69) is 18.4 Å². The first-order valence-corrected chi connectivity index (χ1v) is 5.37. The first-order valence-electron chi connectivity index (χ1n) is 4.49. The fourth-order valence-corrected chi connectivity index (χ4v) is 2.55. The van der Waals surface area contributed by atoms with Crippen LogP contribution in [0.2, 0.25) is 0 Å². The van der Waals surface area contributed by atoms with Crippen LogP contribution in [0, 0.1) is 19.7 Å². The van der Waals surface area contributed by atoms with E-state index >= 15 is 0 Å². The largest absolute Gasteiger partial charge is 0.207 e. The summed E-state index contributed by atoms with van der Waals surface area (Å²) in [5, 5.41) is 2.06. The van der Waals surface area contributed by atoms with Crippen molar-refractivity contribution >= 4 is 11.3 Å².